The van der Waals surface area contributed by atoms with Crippen molar-refractivity contribution >= 4 is 23.6 Å². The monoisotopic (exact) mass is 256 g/mol. The van der Waals surface area contributed by atoms with Crippen LogP contribution >= 0.6 is 11.8 Å². The SMILES string of the molecule is CCC(CSC)N1CC(=O)NC(C2CC2)C1=O. The minimum Gasteiger partial charge on any atom is -0.342 e. The van der Waals surface area contributed by atoms with Crippen molar-refractivity contribution in [3.05, 3.63) is 0 Å². The molecule has 0 bridgehead atoms. The second-order valence-electron chi connectivity index (χ2n) is 4.87. The van der Waals surface area contributed by atoms with E-state index < -0.39 is 0 Å². The largest absolute Gasteiger partial charge is 0.342 e. The topological polar surface area (TPSA) is 49.4 Å². The van der Waals surface area contributed by atoms with Crippen molar-refractivity contribution in [2.45, 2.75) is 38.3 Å². The minimum absolute atomic E-state index is 0.000975. The standard InChI is InChI=1S/C12H20N2O2S/c1-3-9(7-17-2)14-6-10(15)13-11(12(14)16)8-4-5-8/h8-9,11H,3-7H2,1-2H3,(H,13,15). The molecule has 0 aromatic rings. The average Bonchev–Trinajstić information content (AvgIpc) is 3.13. The fourth-order valence-corrected chi connectivity index (χ4v) is 3.17. The van der Waals surface area contributed by atoms with E-state index in [4.69, 9.17) is 0 Å². The lowest BCUT2D eigenvalue weighted by Crippen LogP contribution is -2.61. The number of nitrogens with zero attached hydrogens (tertiary/aromatic N) is 1. The van der Waals surface area contributed by atoms with Crippen molar-refractivity contribution in [3.8, 4) is 0 Å². The van der Waals surface area contributed by atoms with Gasteiger partial charge in [-0.2, -0.15) is 11.8 Å². The number of thioether (sulfide) groups is 1. The Hall–Kier alpha value is -0.710. The molecule has 1 aliphatic carbocycles. The van der Waals surface area contributed by atoms with Crippen molar-refractivity contribution in [1.82, 2.24) is 10.2 Å². The summed E-state index contributed by atoms with van der Waals surface area (Å²) in [5, 5.41) is 2.84. The van der Waals surface area contributed by atoms with Gasteiger partial charge in [-0.25, -0.2) is 0 Å². The predicted molar refractivity (Wildman–Crippen MR) is 68.8 cm³/mol. The quantitative estimate of drug-likeness (QED) is 0.794. The predicted octanol–water partition coefficient (Wildman–Crippen LogP) is 0.865. The molecule has 1 N–H and O–H groups in total. The van der Waals surface area contributed by atoms with E-state index in [1.165, 1.54) is 0 Å². The average molecular weight is 256 g/mol. The van der Waals surface area contributed by atoms with Crippen LogP contribution < -0.4 is 5.32 Å². The van der Waals surface area contributed by atoms with E-state index >= 15 is 0 Å². The summed E-state index contributed by atoms with van der Waals surface area (Å²) in [7, 11) is 0. The maximum Gasteiger partial charge on any atom is 0.246 e. The highest BCUT2D eigenvalue weighted by atomic mass is 32.2. The second kappa shape index (κ2) is 5.29. The molecule has 2 atom stereocenters. The Morgan fingerprint density at radius 3 is 2.71 bits per heavy atom. The third kappa shape index (κ3) is 2.76. The van der Waals surface area contributed by atoms with Crippen molar-refractivity contribution in [1.29, 1.82) is 0 Å². The van der Waals surface area contributed by atoms with Crippen LogP contribution in [0.25, 0.3) is 0 Å². The number of carbonyl (C=O) groups is 2. The van der Waals surface area contributed by atoms with Gasteiger partial charge in [0.15, 0.2) is 0 Å². The third-order valence-corrected chi connectivity index (χ3v) is 4.26. The van der Waals surface area contributed by atoms with E-state index in [-0.39, 0.29) is 30.4 Å². The van der Waals surface area contributed by atoms with Crippen molar-refractivity contribution in [2.75, 3.05) is 18.6 Å². The molecule has 5 heteroatoms. The summed E-state index contributed by atoms with van der Waals surface area (Å²) in [4.78, 5) is 25.8. The van der Waals surface area contributed by atoms with Gasteiger partial charge in [-0.1, -0.05) is 6.92 Å². The van der Waals surface area contributed by atoms with Crippen molar-refractivity contribution < 1.29 is 9.59 Å². The Morgan fingerprint density at radius 2 is 2.18 bits per heavy atom. The van der Waals surface area contributed by atoms with Gasteiger partial charge in [0, 0.05) is 11.8 Å². The van der Waals surface area contributed by atoms with Gasteiger partial charge in [0.2, 0.25) is 11.8 Å². The van der Waals surface area contributed by atoms with Crippen molar-refractivity contribution in [2.24, 2.45) is 5.92 Å². The Balaban J connectivity index is 2.08. The summed E-state index contributed by atoms with van der Waals surface area (Å²) in [6, 6.07) is -0.0445. The zero-order chi connectivity index (χ0) is 12.4. The number of rotatable bonds is 5. The fourth-order valence-electron chi connectivity index (χ4n) is 2.37. The molecule has 1 saturated heterocycles. The number of hydrogen-bond donors (Lipinski definition) is 1. The van der Waals surface area contributed by atoms with E-state index in [0.717, 1.165) is 25.0 Å². The summed E-state index contributed by atoms with van der Waals surface area (Å²) >= 11 is 1.73. The molecule has 0 spiro atoms. The zero-order valence-corrected chi connectivity index (χ0v) is 11.3. The first kappa shape index (κ1) is 12.7. The minimum atomic E-state index is -0.243. The van der Waals surface area contributed by atoms with Gasteiger partial charge in [-0.15, -0.1) is 0 Å². The number of nitrogens with one attached hydrogen (secondary N) is 1. The van der Waals surface area contributed by atoms with Crippen LogP contribution in [0.4, 0.5) is 0 Å². The van der Waals surface area contributed by atoms with Crippen LogP contribution in [0.1, 0.15) is 26.2 Å². The van der Waals surface area contributed by atoms with E-state index in [2.05, 4.69) is 12.2 Å². The summed E-state index contributed by atoms with van der Waals surface area (Å²) in [5.74, 6) is 1.43. The van der Waals surface area contributed by atoms with Gasteiger partial charge >= 0.3 is 0 Å². The lowest BCUT2D eigenvalue weighted by atomic mass is 10.1. The maximum absolute atomic E-state index is 12.3. The molecular weight excluding hydrogens is 236 g/mol. The van der Waals surface area contributed by atoms with Crippen LogP contribution in [0.2, 0.25) is 0 Å². The fraction of sp³-hybridized carbons (Fsp3) is 0.833. The number of hydrogen-bond acceptors (Lipinski definition) is 3. The van der Waals surface area contributed by atoms with Gasteiger partial charge in [0.25, 0.3) is 0 Å². The second-order valence-corrected chi connectivity index (χ2v) is 5.78. The summed E-state index contributed by atoms with van der Waals surface area (Å²) < 4.78 is 0. The summed E-state index contributed by atoms with van der Waals surface area (Å²) in [6.45, 7) is 2.31. The Bertz CT molecular complexity index is 318. The molecule has 96 valence electrons. The highest BCUT2D eigenvalue weighted by molar-refractivity contribution is 7.98. The molecule has 17 heavy (non-hydrogen) atoms. The first-order valence-corrected chi connectivity index (χ1v) is 7.65. The number of amides is 2. The first-order valence-electron chi connectivity index (χ1n) is 6.26. The molecule has 2 rings (SSSR count). The van der Waals surface area contributed by atoms with Crippen molar-refractivity contribution in [3.63, 3.8) is 0 Å². The molecule has 1 heterocycles. The third-order valence-electron chi connectivity index (χ3n) is 3.54. The molecule has 0 radical (unpaired) electrons. The molecule has 2 unspecified atom stereocenters. The normalized spacial score (nSPS) is 26.9. The number of piperazine rings is 1. The van der Waals surface area contributed by atoms with Gasteiger partial charge < -0.3 is 10.2 Å². The van der Waals surface area contributed by atoms with Crippen LogP contribution in [-0.2, 0) is 9.59 Å². The van der Waals surface area contributed by atoms with Crippen LogP contribution in [0, 0.1) is 5.92 Å². The van der Waals surface area contributed by atoms with E-state index in [0.29, 0.717) is 5.92 Å². The molecule has 0 aromatic carbocycles. The Morgan fingerprint density at radius 1 is 1.47 bits per heavy atom. The lowest BCUT2D eigenvalue weighted by molar-refractivity contribution is -0.146. The van der Waals surface area contributed by atoms with Gasteiger partial charge in [0.1, 0.15) is 6.04 Å². The van der Waals surface area contributed by atoms with Crippen LogP contribution in [0.15, 0.2) is 0 Å². The summed E-state index contributed by atoms with van der Waals surface area (Å²) in [6.07, 6.45) is 5.10. The summed E-state index contributed by atoms with van der Waals surface area (Å²) in [5.41, 5.74) is 0. The molecular formula is C12H20N2O2S. The van der Waals surface area contributed by atoms with Crippen LogP contribution in [-0.4, -0.2) is 47.4 Å². The smallest absolute Gasteiger partial charge is 0.246 e. The number of carbonyl (C=O) groups excluding carboxylic acids is 2. The molecule has 2 fully saturated rings. The van der Waals surface area contributed by atoms with Crippen LogP contribution in [0.3, 0.4) is 0 Å². The molecule has 2 amide bonds. The Labute approximate surface area is 106 Å². The van der Waals surface area contributed by atoms with Gasteiger partial charge in [-0.3, -0.25) is 9.59 Å². The first-order chi connectivity index (χ1) is 8.17. The van der Waals surface area contributed by atoms with Crippen LogP contribution in [0.5, 0.6) is 0 Å². The molecule has 2 aliphatic rings. The molecule has 1 aliphatic heterocycles. The maximum atomic E-state index is 12.3. The van der Waals surface area contributed by atoms with E-state index in [9.17, 15) is 9.59 Å². The highest BCUT2D eigenvalue weighted by Crippen LogP contribution is 2.34. The lowest BCUT2D eigenvalue weighted by Gasteiger charge is -2.37. The van der Waals surface area contributed by atoms with E-state index in [1.807, 2.05) is 6.26 Å². The van der Waals surface area contributed by atoms with Gasteiger partial charge in [0.05, 0.1) is 6.54 Å². The highest BCUT2D eigenvalue weighted by Gasteiger charge is 2.43. The molecule has 4 nitrogen and oxygen atoms in total. The van der Waals surface area contributed by atoms with E-state index in [1.54, 1.807) is 16.7 Å². The van der Waals surface area contributed by atoms with Gasteiger partial charge in [-0.05, 0) is 31.4 Å². The molecule has 1 saturated carbocycles. The zero-order valence-electron chi connectivity index (χ0n) is 10.4. The molecule has 0 aromatic heterocycles. The Kier molecular flexibility index (Phi) is 3.97.